The van der Waals surface area contributed by atoms with E-state index in [1.165, 1.54) is 0 Å². The van der Waals surface area contributed by atoms with Crippen molar-refractivity contribution >= 4 is 29.3 Å². The van der Waals surface area contributed by atoms with Gasteiger partial charge in [-0.25, -0.2) is 0 Å². The molecular formula is C14H16ClN3O2S. The predicted molar refractivity (Wildman–Crippen MR) is 83.5 cm³/mol. The van der Waals surface area contributed by atoms with Crippen molar-refractivity contribution in [1.29, 1.82) is 0 Å². The SMILES string of the molecule is CCCc1nnc(SCC(=O)O)n1-c1cc(Cl)ccc1C. The Labute approximate surface area is 132 Å². The van der Waals surface area contributed by atoms with Gasteiger partial charge in [-0.05, 0) is 31.0 Å². The molecule has 0 aliphatic carbocycles. The second-order valence-corrected chi connectivity index (χ2v) is 5.98. The van der Waals surface area contributed by atoms with Crippen molar-refractivity contribution in [1.82, 2.24) is 14.8 Å². The van der Waals surface area contributed by atoms with Crippen LogP contribution in [0.3, 0.4) is 0 Å². The zero-order chi connectivity index (χ0) is 15.4. The third-order valence-corrected chi connectivity index (χ3v) is 4.06. The number of hydrogen-bond donors (Lipinski definition) is 1. The van der Waals surface area contributed by atoms with Crippen molar-refractivity contribution in [2.45, 2.75) is 31.8 Å². The van der Waals surface area contributed by atoms with Crippen molar-refractivity contribution in [2.24, 2.45) is 0 Å². The highest BCUT2D eigenvalue weighted by molar-refractivity contribution is 7.99. The fourth-order valence-electron chi connectivity index (χ4n) is 1.97. The van der Waals surface area contributed by atoms with Gasteiger partial charge in [-0.2, -0.15) is 0 Å². The highest BCUT2D eigenvalue weighted by Gasteiger charge is 2.16. The lowest BCUT2D eigenvalue weighted by Gasteiger charge is -2.12. The van der Waals surface area contributed by atoms with Gasteiger partial charge in [-0.15, -0.1) is 10.2 Å². The molecule has 0 unspecified atom stereocenters. The number of rotatable bonds is 6. The van der Waals surface area contributed by atoms with Gasteiger partial charge in [0.05, 0.1) is 11.4 Å². The van der Waals surface area contributed by atoms with E-state index < -0.39 is 5.97 Å². The predicted octanol–water partition coefficient (Wildman–Crippen LogP) is 3.36. The number of benzene rings is 1. The van der Waals surface area contributed by atoms with Gasteiger partial charge >= 0.3 is 5.97 Å². The van der Waals surface area contributed by atoms with E-state index in [1.807, 2.05) is 29.7 Å². The van der Waals surface area contributed by atoms with E-state index in [0.29, 0.717) is 10.2 Å². The molecule has 2 rings (SSSR count). The fraction of sp³-hybridized carbons (Fsp3) is 0.357. The summed E-state index contributed by atoms with van der Waals surface area (Å²) in [4.78, 5) is 10.8. The summed E-state index contributed by atoms with van der Waals surface area (Å²) in [5, 5.41) is 18.4. The number of carboxylic acids is 1. The minimum absolute atomic E-state index is 0.0517. The summed E-state index contributed by atoms with van der Waals surface area (Å²) in [6.07, 6.45) is 1.70. The lowest BCUT2D eigenvalue weighted by molar-refractivity contribution is -0.133. The van der Waals surface area contributed by atoms with Crippen LogP contribution in [0.25, 0.3) is 5.69 Å². The first-order valence-corrected chi connectivity index (χ1v) is 7.94. The number of hydrogen-bond acceptors (Lipinski definition) is 4. The van der Waals surface area contributed by atoms with E-state index in [1.54, 1.807) is 0 Å². The number of aromatic nitrogens is 3. The van der Waals surface area contributed by atoms with Crippen LogP contribution >= 0.6 is 23.4 Å². The minimum atomic E-state index is -0.880. The number of aliphatic carboxylic acids is 1. The molecule has 1 N–H and O–H groups in total. The first kappa shape index (κ1) is 15.9. The Morgan fingerprint density at radius 1 is 1.43 bits per heavy atom. The molecule has 0 radical (unpaired) electrons. The van der Waals surface area contributed by atoms with Crippen molar-refractivity contribution in [3.63, 3.8) is 0 Å². The molecule has 21 heavy (non-hydrogen) atoms. The topological polar surface area (TPSA) is 68.0 Å². The average molecular weight is 326 g/mol. The summed E-state index contributed by atoms with van der Waals surface area (Å²) in [5.41, 5.74) is 1.93. The summed E-state index contributed by atoms with van der Waals surface area (Å²) in [6, 6.07) is 5.61. The van der Waals surface area contributed by atoms with Gasteiger partial charge in [0.15, 0.2) is 5.16 Å². The Hall–Kier alpha value is -1.53. The van der Waals surface area contributed by atoms with Gasteiger partial charge in [0.2, 0.25) is 0 Å². The number of thioether (sulfide) groups is 1. The molecule has 1 aromatic heterocycles. The number of nitrogens with zero attached hydrogens (tertiary/aromatic N) is 3. The van der Waals surface area contributed by atoms with Gasteiger partial charge in [-0.3, -0.25) is 9.36 Å². The maximum atomic E-state index is 10.8. The fourth-order valence-corrected chi connectivity index (χ4v) is 2.82. The van der Waals surface area contributed by atoms with Crippen LogP contribution in [0.15, 0.2) is 23.4 Å². The third kappa shape index (κ3) is 3.77. The first-order chi connectivity index (χ1) is 10.0. The molecule has 5 nitrogen and oxygen atoms in total. The van der Waals surface area contributed by atoms with Crippen LogP contribution in [0.1, 0.15) is 24.7 Å². The third-order valence-electron chi connectivity index (χ3n) is 2.91. The summed E-state index contributed by atoms with van der Waals surface area (Å²) in [6.45, 7) is 4.04. The maximum Gasteiger partial charge on any atom is 0.313 e. The monoisotopic (exact) mass is 325 g/mol. The average Bonchev–Trinajstić information content (AvgIpc) is 2.82. The van der Waals surface area contributed by atoms with Gasteiger partial charge in [0, 0.05) is 11.4 Å². The van der Waals surface area contributed by atoms with E-state index >= 15 is 0 Å². The van der Waals surface area contributed by atoms with Crippen LogP contribution in [-0.4, -0.2) is 31.6 Å². The van der Waals surface area contributed by atoms with E-state index in [9.17, 15) is 4.79 Å². The molecule has 0 aliphatic heterocycles. The Morgan fingerprint density at radius 3 is 2.86 bits per heavy atom. The Morgan fingerprint density at radius 2 is 2.19 bits per heavy atom. The summed E-state index contributed by atoms with van der Waals surface area (Å²) >= 11 is 7.25. The maximum absolute atomic E-state index is 10.8. The molecule has 0 atom stereocenters. The molecule has 0 spiro atoms. The second-order valence-electron chi connectivity index (χ2n) is 4.60. The van der Waals surface area contributed by atoms with Crippen molar-refractivity contribution in [3.05, 3.63) is 34.6 Å². The Bertz CT molecular complexity index is 658. The molecular weight excluding hydrogens is 310 g/mol. The Balaban J connectivity index is 2.49. The summed E-state index contributed by atoms with van der Waals surface area (Å²) in [5.74, 6) is -0.116. The lowest BCUT2D eigenvalue weighted by Crippen LogP contribution is -2.06. The molecule has 0 saturated heterocycles. The molecule has 7 heteroatoms. The van der Waals surface area contributed by atoms with E-state index in [2.05, 4.69) is 17.1 Å². The number of carbonyl (C=O) groups is 1. The first-order valence-electron chi connectivity index (χ1n) is 6.58. The molecule has 1 heterocycles. The van der Waals surface area contributed by atoms with E-state index in [0.717, 1.165) is 41.7 Å². The van der Waals surface area contributed by atoms with Crippen molar-refractivity contribution in [3.8, 4) is 5.69 Å². The zero-order valence-electron chi connectivity index (χ0n) is 11.8. The van der Waals surface area contributed by atoms with Crippen molar-refractivity contribution < 1.29 is 9.90 Å². The lowest BCUT2D eigenvalue weighted by atomic mass is 10.2. The van der Waals surface area contributed by atoms with Gasteiger partial charge in [0.1, 0.15) is 5.82 Å². The molecule has 112 valence electrons. The number of aryl methyl sites for hydroxylation is 2. The van der Waals surface area contributed by atoms with Crippen LogP contribution in [0.5, 0.6) is 0 Å². The highest BCUT2D eigenvalue weighted by atomic mass is 35.5. The normalized spacial score (nSPS) is 10.8. The van der Waals surface area contributed by atoms with Crippen LogP contribution in [0.2, 0.25) is 5.02 Å². The van der Waals surface area contributed by atoms with Crippen molar-refractivity contribution in [2.75, 3.05) is 5.75 Å². The standard InChI is InChI=1S/C14H16ClN3O2S/c1-3-4-12-16-17-14(21-8-13(19)20)18(12)11-7-10(15)6-5-9(11)2/h5-7H,3-4,8H2,1-2H3,(H,19,20). The van der Waals surface area contributed by atoms with E-state index in [-0.39, 0.29) is 5.75 Å². The number of halogens is 1. The van der Waals surface area contributed by atoms with Crippen LogP contribution in [0, 0.1) is 6.92 Å². The van der Waals surface area contributed by atoms with Crippen LogP contribution in [-0.2, 0) is 11.2 Å². The summed E-state index contributed by atoms with van der Waals surface area (Å²) in [7, 11) is 0. The molecule has 2 aromatic rings. The smallest absolute Gasteiger partial charge is 0.313 e. The zero-order valence-corrected chi connectivity index (χ0v) is 13.4. The second kappa shape index (κ2) is 6.95. The van der Waals surface area contributed by atoms with E-state index in [4.69, 9.17) is 16.7 Å². The molecule has 0 aliphatic rings. The Kier molecular flexibility index (Phi) is 5.25. The highest BCUT2D eigenvalue weighted by Crippen LogP contribution is 2.26. The van der Waals surface area contributed by atoms with Gasteiger partial charge in [0.25, 0.3) is 0 Å². The largest absolute Gasteiger partial charge is 0.481 e. The minimum Gasteiger partial charge on any atom is -0.481 e. The molecule has 0 amide bonds. The van der Waals surface area contributed by atoms with Crippen LogP contribution < -0.4 is 0 Å². The molecule has 1 aromatic carbocycles. The molecule has 0 bridgehead atoms. The molecule has 0 saturated carbocycles. The van der Waals surface area contributed by atoms with Gasteiger partial charge < -0.3 is 5.11 Å². The van der Waals surface area contributed by atoms with Crippen LogP contribution in [0.4, 0.5) is 0 Å². The quantitative estimate of drug-likeness (QED) is 0.825. The van der Waals surface area contributed by atoms with Gasteiger partial charge in [-0.1, -0.05) is 36.4 Å². The molecule has 0 fully saturated rings. The summed E-state index contributed by atoms with van der Waals surface area (Å²) < 4.78 is 1.90. The number of carboxylic acid groups (broad SMARTS) is 1.